The molecule has 0 saturated carbocycles. The molecule has 0 atom stereocenters. The molecule has 3 rings (SSSR count). The van der Waals surface area contributed by atoms with Crippen LogP contribution in [0, 0.1) is 0 Å². The van der Waals surface area contributed by atoms with Gasteiger partial charge in [0.2, 0.25) is 0 Å². The molecule has 0 aromatic heterocycles. The van der Waals surface area contributed by atoms with Gasteiger partial charge in [0, 0.05) is 37.0 Å². The zero-order chi connectivity index (χ0) is 26.1. The highest BCUT2D eigenvalue weighted by molar-refractivity contribution is 7.92. The number of benzene rings is 3. The van der Waals surface area contributed by atoms with Gasteiger partial charge in [-0.05, 0) is 67.7 Å². The zero-order valence-electron chi connectivity index (χ0n) is 20.8. The molecule has 0 aliphatic carbocycles. The smallest absolute Gasteiger partial charge is 0.264 e. The first-order valence-corrected chi connectivity index (χ1v) is 13.3. The SMILES string of the molecule is CCN(CC)CCNC(=O)c1ccc(NC(=O)c2cccc(S(=O)(=O)N(C)c3ccccc3)c2)cc1. The van der Waals surface area contributed by atoms with Crippen LogP contribution in [0.4, 0.5) is 11.4 Å². The Morgan fingerprint density at radius 2 is 1.47 bits per heavy atom. The highest BCUT2D eigenvalue weighted by Crippen LogP contribution is 2.22. The second-order valence-corrected chi connectivity index (χ2v) is 10.1. The van der Waals surface area contributed by atoms with E-state index in [0.29, 0.717) is 23.5 Å². The van der Waals surface area contributed by atoms with Crippen molar-refractivity contribution in [3.63, 3.8) is 0 Å². The third kappa shape index (κ3) is 6.71. The summed E-state index contributed by atoms with van der Waals surface area (Å²) < 4.78 is 27.3. The summed E-state index contributed by atoms with van der Waals surface area (Å²) in [6.45, 7) is 7.35. The summed E-state index contributed by atoms with van der Waals surface area (Å²) in [6.07, 6.45) is 0. The molecule has 0 spiro atoms. The van der Waals surface area contributed by atoms with Gasteiger partial charge in [-0.15, -0.1) is 0 Å². The summed E-state index contributed by atoms with van der Waals surface area (Å²) in [7, 11) is -2.38. The quantitative estimate of drug-likeness (QED) is 0.410. The Labute approximate surface area is 213 Å². The van der Waals surface area contributed by atoms with Gasteiger partial charge in [0.15, 0.2) is 0 Å². The summed E-state index contributed by atoms with van der Waals surface area (Å²) in [4.78, 5) is 27.4. The van der Waals surface area contributed by atoms with Gasteiger partial charge in [0.1, 0.15) is 0 Å². The van der Waals surface area contributed by atoms with E-state index in [1.165, 1.54) is 29.6 Å². The number of nitrogens with one attached hydrogen (secondary N) is 2. The van der Waals surface area contributed by atoms with Crippen molar-refractivity contribution in [2.24, 2.45) is 0 Å². The number of hydrogen-bond donors (Lipinski definition) is 2. The van der Waals surface area contributed by atoms with Crippen molar-refractivity contribution in [2.45, 2.75) is 18.7 Å². The number of hydrogen-bond acceptors (Lipinski definition) is 5. The maximum Gasteiger partial charge on any atom is 0.264 e. The summed E-state index contributed by atoms with van der Waals surface area (Å²) in [5.41, 5.74) is 1.71. The second-order valence-electron chi connectivity index (χ2n) is 8.15. The molecule has 2 N–H and O–H groups in total. The largest absolute Gasteiger partial charge is 0.351 e. The molecule has 0 aliphatic heterocycles. The normalized spacial score (nSPS) is 11.2. The average molecular weight is 509 g/mol. The summed E-state index contributed by atoms with van der Waals surface area (Å²) >= 11 is 0. The van der Waals surface area contributed by atoms with Gasteiger partial charge in [-0.3, -0.25) is 13.9 Å². The lowest BCUT2D eigenvalue weighted by Crippen LogP contribution is -2.34. The molecular weight excluding hydrogens is 476 g/mol. The highest BCUT2D eigenvalue weighted by atomic mass is 32.2. The van der Waals surface area contributed by atoms with Crippen LogP contribution in [-0.2, 0) is 10.0 Å². The molecule has 0 heterocycles. The van der Waals surface area contributed by atoms with Gasteiger partial charge in [-0.25, -0.2) is 8.42 Å². The number of rotatable bonds is 11. The molecule has 190 valence electrons. The maximum absolute atomic E-state index is 13.1. The number of likely N-dealkylation sites (N-methyl/N-ethyl adjacent to an activating group) is 1. The van der Waals surface area contributed by atoms with E-state index in [1.807, 2.05) is 0 Å². The lowest BCUT2D eigenvalue weighted by atomic mass is 10.1. The van der Waals surface area contributed by atoms with Crippen molar-refractivity contribution in [3.05, 3.63) is 90.0 Å². The summed E-state index contributed by atoms with van der Waals surface area (Å²) in [5.74, 6) is -0.633. The van der Waals surface area contributed by atoms with E-state index in [1.54, 1.807) is 60.7 Å². The summed E-state index contributed by atoms with van der Waals surface area (Å²) in [6, 6.07) is 21.2. The number of carbonyl (C=O) groups is 2. The first kappa shape index (κ1) is 26.9. The van der Waals surface area contributed by atoms with Crippen molar-refractivity contribution in [2.75, 3.05) is 42.8 Å². The third-order valence-corrected chi connectivity index (χ3v) is 7.67. The van der Waals surface area contributed by atoms with E-state index in [2.05, 4.69) is 29.4 Å². The monoisotopic (exact) mass is 508 g/mol. The molecule has 0 saturated heterocycles. The van der Waals surface area contributed by atoms with E-state index >= 15 is 0 Å². The Morgan fingerprint density at radius 3 is 2.11 bits per heavy atom. The fourth-order valence-electron chi connectivity index (χ4n) is 3.61. The Balaban J connectivity index is 1.65. The van der Waals surface area contributed by atoms with Crippen LogP contribution in [0.3, 0.4) is 0 Å². The van der Waals surface area contributed by atoms with Crippen LogP contribution < -0.4 is 14.9 Å². The zero-order valence-corrected chi connectivity index (χ0v) is 21.6. The molecular formula is C27H32N4O4S. The minimum Gasteiger partial charge on any atom is -0.351 e. The average Bonchev–Trinajstić information content (AvgIpc) is 2.91. The lowest BCUT2D eigenvalue weighted by molar-refractivity contribution is 0.0948. The van der Waals surface area contributed by atoms with Gasteiger partial charge in [-0.1, -0.05) is 38.1 Å². The molecule has 0 fully saturated rings. The molecule has 2 amide bonds. The molecule has 3 aromatic carbocycles. The molecule has 0 bridgehead atoms. The Hall–Kier alpha value is -3.69. The fourth-order valence-corrected chi connectivity index (χ4v) is 4.85. The van der Waals surface area contributed by atoms with Crippen molar-refractivity contribution in [1.29, 1.82) is 0 Å². The maximum atomic E-state index is 13.1. The fraction of sp³-hybridized carbons (Fsp3) is 0.259. The van der Waals surface area contributed by atoms with Gasteiger partial charge in [0.25, 0.3) is 21.8 Å². The molecule has 8 nitrogen and oxygen atoms in total. The minimum absolute atomic E-state index is 0.0123. The predicted octanol–water partition coefficient (Wildman–Crippen LogP) is 3.84. The topological polar surface area (TPSA) is 98.8 Å². The highest BCUT2D eigenvalue weighted by Gasteiger charge is 2.22. The molecule has 36 heavy (non-hydrogen) atoms. The molecule has 0 radical (unpaired) electrons. The molecule has 9 heteroatoms. The van der Waals surface area contributed by atoms with E-state index in [9.17, 15) is 18.0 Å². The van der Waals surface area contributed by atoms with Crippen LogP contribution in [-0.4, -0.2) is 58.4 Å². The number of sulfonamides is 1. The standard InChI is InChI=1S/C27H32N4O4S/c1-4-31(5-2)19-18-28-26(32)21-14-16-23(17-15-21)29-27(33)22-10-9-13-25(20-22)36(34,35)30(3)24-11-7-6-8-12-24/h6-17,20H,4-5,18-19H2,1-3H3,(H,28,32)(H,29,33). The number of nitrogens with zero attached hydrogens (tertiary/aromatic N) is 2. The predicted molar refractivity (Wildman–Crippen MR) is 143 cm³/mol. The number of anilines is 2. The molecule has 3 aromatic rings. The van der Waals surface area contributed by atoms with E-state index in [-0.39, 0.29) is 16.4 Å². The minimum atomic E-state index is -3.85. The van der Waals surface area contributed by atoms with Crippen LogP contribution >= 0.6 is 0 Å². The van der Waals surface area contributed by atoms with Crippen molar-refractivity contribution in [1.82, 2.24) is 10.2 Å². The van der Waals surface area contributed by atoms with Crippen LogP contribution in [0.1, 0.15) is 34.6 Å². The number of amides is 2. The van der Waals surface area contributed by atoms with Crippen molar-refractivity contribution in [3.8, 4) is 0 Å². The lowest BCUT2D eigenvalue weighted by Gasteiger charge is -2.19. The summed E-state index contributed by atoms with van der Waals surface area (Å²) in [5, 5.41) is 5.65. The molecule has 0 unspecified atom stereocenters. The Kier molecular flexibility index (Phi) is 9.21. The number of carbonyl (C=O) groups excluding carboxylic acids is 2. The van der Waals surface area contributed by atoms with Crippen LogP contribution in [0.15, 0.2) is 83.8 Å². The Bertz CT molecular complexity index is 1270. The molecule has 0 aliphatic rings. The number of para-hydroxylation sites is 1. The van der Waals surface area contributed by atoms with Gasteiger partial charge in [-0.2, -0.15) is 0 Å². The van der Waals surface area contributed by atoms with E-state index < -0.39 is 15.9 Å². The second kappa shape index (κ2) is 12.3. The van der Waals surface area contributed by atoms with Crippen molar-refractivity contribution < 1.29 is 18.0 Å². The first-order valence-electron chi connectivity index (χ1n) is 11.8. The van der Waals surface area contributed by atoms with Crippen LogP contribution in [0.25, 0.3) is 0 Å². The third-order valence-electron chi connectivity index (χ3n) is 5.89. The van der Waals surface area contributed by atoms with E-state index in [4.69, 9.17) is 0 Å². The van der Waals surface area contributed by atoms with E-state index in [0.717, 1.165) is 19.6 Å². The van der Waals surface area contributed by atoms with Crippen LogP contribution in [0.5, 0.6) is 0 Å². The van der Waals surface area contributed by atoms with Gasteiger partial charge < -0.3 is 15.5 Å². The first-order chi connectivity index (χ1) is 17.3. The van der Waals surface area contributed by atoms with Crippen molar-refractivity contribution >= 4 is 33.2 Å². The van der Waals surface area contributed by atoms with Gasteiger partial charge >= 0.3 is 0 Å². The Morgan fingerprint density at radius 1 is 0.806 bits per heavy atom. The van der Waals surface area contributed by atoms with Gasteiger partial charge in [0.05, 0.1) is 10.6 Å². The van der Waals surface area contributed by atoms with Crippen LogP contribution in [0.2, 0.25) is 0 Å².